The minimum absolute atomic E-state index is 0.127. The van der Waals surface area contributed by atoms with Gasteiger partial charge < -0.3 is 10.4 Å². The minimum atomic E-state index is -0.127. The van der Waals surface area contributed by atoms with Crippen molar-refractivity contribution >= 4 is 23.2 Å². The lowest BCUT2D eigenvalue weighted by Gasteiger charge is -2.32. The van der Waals surface area contributed by atoms with Crippen molar-refractivity contribution in [2.45, 2.75) is 31.5 Å². The highest BCUT2D eigenvalue weighted by Crippen LogP contribution is 2.26. The second-order valence-corrected chi connectivity index (χ2v) is 4.70. The molecule has 1 saturated carbocycles. The molecule has 0 saturated heterocycles. The van der Waals surface area contributed by atoms with Gasteiger partial charge in [-0.1, -0.05) is 35.3 Å². The summed E-state index contributed by atoms with van der Waals surface area (Å²) in [5, 5.41) is 13.7. The van der Waals surface area contributed by atoms with Gasteiger partial charge in [0.05, 0.1) is 16.1 Å². The molecule has 2 N–H and O–H groups in total. The summed E-state index contributed by atoms with van der Waals surface area (Å²) in [5.74, 6) is 0. The monoisotopic (exact) mass is 245 g/mol. The van der Waals surface area contributed by atoms with E-state index in [2.05, 4.69) is 5.32 Å². The lowest BCUT2D eigenvalue weighted by Crippen LogP contribution is -2.43. The molecular formula is C11H13Cl2NO. The van der Waals surface area contributed by atoms with Crippen LogP contribution in [-0.4, -0.2) is 17.3 Å². The third-order valence-electron chi connectivity index (χ3n) is 2.73. The van der Waals surface area contributed by atoms with E-state index in [1.807, 2.05) is 12.1 Å². The molecule has 0 heterocycles. The molecule has 0 aliphatic heterocycles. The molecule has 0 bridgehead atoms. The number of nitrogens with one attached hydrogen (secondary N) is 1. The summed E-state index contributed by atoms with van der Waals surface area (Å²) in [6, 6.07) is 6.03. The zero-order chi connectivity index (χ0) is 10.8. The van der Waals surface area contributed by atoms with Gasteiger partial charge in [0.15, 0.2) is 0 Å². The van der Waals surface area contributed by atoms with Crippen molar-refractivity contribution in [1.29, 1.82) is 0 Å². The summed E-state index contributed by atoms with van der Waals surface area (Å²) in [5.41, 5.74) is 1.01. The van der Waals surface area contributed by atoms with Crippen molar-refractivity contribution in [2.24, 2.45) is 0 Å². The average molecular weight is 246 g/mol. The van der Waals surface area contributed by atoms with E-state index in [1.54, 1.807) is 6.07 Å². The normalized spacial score (nSPS) is 25.0. The fourth-order valence-electron chi connectivity index (χ4n) is 1.69. The quantitative estimate of drug-likeness (QED) is 0.859. The van der Waals surface area contributed by atoms with Gasteiger partial charge in [0.1, 0.15) is 0 Å². The first-order chi connectivity index (χ1) is 7.16. The number of hydrogen-bond acceptors (Lipinski definition) is 2. The average Bonchev–Trinajstić information content (AvgIpc) is 2.17. The molecule has 0 spiro atoms. The number of rotatable bonds is 3. The van der Waals surface area contributed by atoms with Crippen molar-refractivity contribution in [2.75, 3.05) is 0 Å². The van der Waals surface area contributed by atoms with Gasteiger partial charge in [-0.25, -0.2) is 0 Å². The zero-order valence-electron chi connectivity index (χ0n) is 8.21. The first-order valence-electron chi connectivity index (χ1n) is 5.01. The number of aliphatic hydroxyl groups excluding tert-OH is 1. The van der Waals surface area contributed by atoms with E-state index in [0.717, 1.165) is 18.4 Å². The van der Waals surface area contributed by atoms with Crippen LogP contribution in [0.1, 0.15) is 18.4 Å². The first-order valence-corrected chi connectivity index (χ1v) is 5.76. The van der Waals surface area contributed by atoms with Crippen LogP contribution in [-0.2, 0) is 6.54 Å². The van der Waals surface area contributed by atoms with Gasteiger partial charge >= 0.3 is 0 Å². The maximum absolute atomic E-state index is 9.13. The molecule has 4 heteroatoms. The molecule has 15 heavy (non-hydrogen) atoms. The van der Waals surface area contributed by atoms with E-state index in [0.29, 0.717) is 22.6 Å². The van der Waals surface area contributed by atoms with Gasteiger partial charge in [0.25, 0.3) is 0 Å². The fraction of sp³-hybridized carbons (Fsp3) is 0.455. The number of aliphatic hydroxyl groups is 1. The smallest absolute Gasteiger partial charge is 0.0637 e. The lowest BCUT2D eigenvalue weighted by atomic mass is 9.89. The van der Waals surface area contributed by atoms with E-state index in [1.165, 1.54) is 0 Å². The van der Waals surface area contributed by atoms with E-state index >= 15 is 0 Å². The SMILES string of the molecule is OC1CC(NCc2cccc(Cl)c2Cl)C1. The number of hydrogen-bond donors (Lipinski definition) is 2. The molecule has 1 aliphatic rings. The third kappa shape index (κ3) is 2.64. The van der Waals surface area contributed by atoms with Crippen LogP contribution < -0.4 is 5.32 Å². The summed E-state index contributed by atoms with van der Waals surface area (Å²) in [4.78, 5) is 0. The molecule has 1 aliphatic carbocycles. The van der Waals surface area contributed by atoms with Crippen LogP contribution in [0, 0.1) is 0 Å². The highest BCUT2D eigenvalue weighted by molar-refractivity contribution is 6.42. The molecule has 0 atom stereocenters. The molecule has 0 unspecified atom stereocenters. The molecule has 0 radical (unpaired) electrons. The minimum Gasteiger partial charge on any atom is -0.393 e. The summed E-state index contributed by atoms with van der Waals surface area (Å²) >= 11 is 11.9. The Morgan fingerprint density at radius 3 is 2.73 bits per heavy atom. The predicted octanol–water partition coefficient (Wildman–Crippen LogP) is 2.61. The first kappa shape index (κ1) is 11.2. The highest BCUT2D eigenvalue weighted by atomic mass is 35.5. The second kappa shape index (κ2) is 4.71. The van der Waals surface area contributed by atoms with E-state index in [4.69, 9.17) is 28.3 Å². The Hall–Kier alpha value is -0.280. The molecule has 0 amide bonds. The summed E-state index contributed by atoms with van der Waals surface area (Å²) < 4.78 is 0. The standard InChI is InChI=1S/C11H13Cl2NO/c12-10-3-1-2-7(11(10)13)6-14-8-4-9(15)5-8/h1-3,8-9,14-15H,4-6H2. The molecule has 1 fully saturated rings. The number of halogens is 2. The Labute approximate surface area is 99.2 Å². The van der Waals surface area contributed by atoms with E-state index < -0.39 is 0 Å². The Kier molecular flexibility index (Phi) is 3.52. The van der Waals surface area contributed by atoms with Gasteiger partial charge in [-0.3, -0.25) is 0 Å². The molecule has 2 rings (SSSR count). The van der Waals surface area contributed by atoms with Crippen molar-refractivity contribution in [3.05, 3.63) is 33.8 Å². The molecular weight excluding hydrogens is 233 g/mol. The summed E-state index contributed by atoms with van der Waals surface area (Å²) in [7, 11) is 0. The van der Waals surface area contributed by atoms with Crippen LogP contribution in [0.4, 0.5) is 0 Å². The Balaban J connectivity index is 1.91. The van der Waals surface area contributed by atoms with Crippen molar-refractivity contribution < 1.29 is 5.11 Å². The van der Waals surface area contributed by atoms with Crippen LogP contribution in [0.5, 0.6) is 0 Å². The topological polar surface area (TPSA) is 32.3 Å². The van der Waals surface area contributed by atoms with Crippen molar-refractivity contribution in [1.82, 2.24) is 5.32 Å². The van der Waals surface area contributed by atoms with Gasteiger partial charge in [-0.15, -0.1) is 0 Å². The molecule has 1 aromatic carbocycles. The third-order valence-corrected chi connectivity index (χ3v) is 3.58. The highest BCUT2D eigenvalue weighted by Gasteiger charge is 2.26. The van der Waals surface area contributed by atoms with E-state index in [-0.39, 0.29) is 6.10 Å². The zero-order valence-corrected chi connectivity index (χ0v) is 9.72. The molecule has 0 aromatic heterocycles. The van der Waals surface area contributed by atoms with E-state index in [9.17, 15) is 0 Å². The van der Waals surface area contributed by atoms with Crippen LogP contribution in [0.25, 0.3) is 0 Å². The Bertz CT molecular complexity index is 350. The van der Waals surface area contributed by atoms with Gasteiger partial charge in [0.2, 0.25) is 0 Å². The summed E-state index contributed by atoms with van der Waals surface area (Å²) in [6.45, 7) is 0.705. The van der Waals surface area contributed by atoms with Gasteiger partial charge in [0, 0.05) is 12.6 Å². The molecule has 82 valence electrons. The van der Waals surface area contributed by atoms with Crippen LogP contribution >= 0.6 is 23.2 Å². The number of benzene rings is 1. The Morgan fingerprint density at radius 1 is 1.33 bits per heavy atom. The van der Waals surface area contributed by atoms with Gasteiger partial charge in [-0.2, -0.15) is 0 Å². The largest absolute Gasteiger partial charge is 0.393 e. The van der Waals surface area contributed by atoms with Crippen molar-refractivity contribution in [3.8, 4) is 0 Å². The summed E-state index contributed by atoms with van der Waals surface area (Å²) in [6.07, 6.45) is 1.54. The second-order valence-electron chi connectivity index (χ2n) is 3.92. The maximum atomic E-state index is 9.13. The van der Waals surface area contributed by atoms with Crippen LogP contribution in [0.2, 0.25) is 10.0 Å². The lowest BCUT2D eigenvalue weighted by molar-refractivity contribution is 0.0619. The molecule has 1 aromatic rings. The maximum Gasteiger partial charge on any atom is 0.0637 e. The van der Waals surface area contributed by atoms with Crippen molar-refractivity contribution in [3.63, 3.8) is 0 Å². The van der Waals surface area contributed by atoms with Gasteiger partial charge in [-0.05, 0) is 24.5 Å². The fourth-order valence-corrected chi connectivity index (χ4v) is 2.08. The molecule has 2 nitrogen and oxygen atoms in total. The van der Waals surface area contributed by atoms with Crippen LogP contribution in [0.15, 0.2) is 18.2 Å². The predicted molar refractivity (Wildman–Crippen MR) is 62.3 cm³/mol. The Morgan fingerprint density at radius 2 is 2.07 bits per heavy atom. The van der Waals surface area contributed by atoms with Crippen LogP contribution in [0.3, 0.4) is 0 Å².